The van der Waals surface area contributed by atoms with Gasteiger partial charge in [0.1, 0.15) is 11.1 Å². The largest absolute Gasteiger partial charge is 0.479 e. The van der Waals surface area contributed by atoms with Gasteiger partial charge in [-0.3, -0.25) is 4.90 Å². The molecule has 1 saturated heterocycles. The van der Waals surface area contributed by atoms with Gasteiger partial charge in [-0.15, -0.1) is 0 Å². The van der Waals surface area contributed by atoms with E-state index >= 15 is 0 Å². The van der Waals surface area contributed by atoms with Gasteiger partial charge in [-0.2, -0.15) is 5.26 Å². The molecule has 1 aliphatic rings. The van der Waals surface area contributed by atoms with Crippen molar-refractivity contribution in [3.05, 3.63) is 35.4 Å². The van der Waals surface area contributed by atoms with Gasteiger partial charge in [0.25, 0.3) is 0 Å². The average Bonchev–Trinajstić information content (AvgIpc) is 2.91. The standard InChI is InChI=1S/C18H22N2O4/c1-17(2,3)24-16(23)20-10-6-9-18(20,15(21)22)11-13-7-4-5-8-14(13)12-19/h4-5,7-8H,6,9-11H2,1-3H3,(H,21,22)/t18-/m0/s1. The number of nitriles is 1. The van der Waals surface area contributed by atoms with Gasteiger partial charge in [-0.1, -0.05) is 18.2 Å². The van der Waals surface area contributed by atoms with Gasteiger partial charge in [0, 0.05) is 13.0 Å². The molecule has 0 radical (unpaired) electrons. The van der Waals surface area contributed by atoms with Crippen molar-refractivity contribution in [3.8, 4) is 6.07 Å². The topological polar surface area (TPSA) is 90.6 Å². The molecule has 1 amide bonds. The Labute approximate surface area is 141 Å². The molecule has 0 aliphatic carbocycles. The van der Waals surface area contributed by atoms with Crippen molar-refractivity contribution >= 4 is 12.1 Å². The van der Waals surface area contributed by atoms with Crippen LogP contribution in [-0.4, -0.2) is 39.8 Å². The fraction of sp³-hybridized carbons (Fsp3) is 0.500. The summed E-state index contributed by atoms with van der Waals surface area (Å²) >= 11 is 0. The van der Waals surface area contributed by atoms with Crippen LogP contribution >= 0.6 is 0 Å². The molecule has 24 heavy (non-hydrogen) atoms. The highest BCUT2D eigenvalue weighted by molar-refractivity contribution is 5.85. The van der Waals surface area contributed by atoms with Crippen LogP contribution in [0.5, 0.6) is 0 Å². The van der Waals surface area contributed by atoms with E-state index < -0.39 is 23.2 Å². The third kappa shape index (κ3) is 3.51. The molecule has 1 atom stereocenters. The normalized spacial score (nSPS) is 20.5. The number of carbonyl (C=O) groups is 2. The molecule has 1 aliphatic heterocycles. The second-order valence-electron chi connectivity index (χ2n) is 7.02. The Hall–Kier alpha value is -2.55. The molecule has 0 aromatic heterocycles. The van der Waals surface area contributed by atoms with E-state index in [1.165, 1.54) is 4.90 Å². The second-order valence-corrected chi connectivity index (χ2v) is 7.02. The number of rotatable bonds is 3. The van der Waals surface area contributed by atoms with Gasteiger partial charge < -0.3 is 9.84 Å². The first-order valence-electron chi connectivity index (χ1n) is 7.92. The lowest BCUT2D eigenvalue weighted by atomic mass is 9.86. The fourth-order valence-corrected chi connectivity index (χ4v) is 3.04. The summed E-state index contributed by atoms with van der Waals surface area (Å²) in [6.45, 7) is 5.56. The summed E-state index contributed by atoms with van der Waals surface area (Å²) in [5, 5.41) is 19.1. The zero-order valence-corrected chi connectivity index (χ0v) is 14.2. The minimum atomic E-state index is -1.38. The fourth-order valence-electron chi connectivity index (χ4n) is 3.04. The predicted molar refractivity (Wildman–Crippen MR) is 87.4 cm³/mol. The molecule has 6 heteroatoms. The molecule has 0 saturated carbocycles. The first-order chi connectivity index (χ1) is 11.2. The summed E-state index contributed by atoms with van der Waals surface area (Å²) in [5.74, 6) is -1.07. The van der Waals surface area contributed by atoms with Crippen molar-refractivity contribution in [2.24, 2.45) is 0 Å². The maximum Gasteiger partial charge on any atom is 0.411 e. The number of carboxylic acids is 1. The lowest BCUT2D eigenvalue weighted by Gasteiger charge is -2.36. The second kappa shape index (κ2) is 6.52. The zero-order valence-electron chi connectivity index (χ0n) is 14.2. The molecule has 128 valence electrons. The molecule has 1 aromatic rings. The molecule has 1 heterocycles. The smallest absolute Gasteiger partial charge is 0.411 e. The predicted octanol–water partition coefficient (Wildman–Crippen LogP) is 2.96. The third-order valence-electron chi connectivity index (χ3n) is 4.12. The molecule has 2 rings (SSSR count). The monoisotopic (exact) mass is 330 g/mol. The Kier molecular flexibility index (Phi) is 4.83. The number of carbonyl (C=O) groups excluding carboxylic acids is 1. The molecule has 1 N–H and O–H groups in total. The Bertz CT molecular complexity index is 687. The first-order valence-corrected chi connectivity index (χ1v) is 7.92. The van der Waals surface area contributed by atoms with E-state index in [2.05, 4.69) is 6.07 Å². The van der Waals surface area contributed by atoms with Crippen molar-refractivity contribution in [1.82, 2.24) is 4.90 Å². The minimum absolute atomic E-state index is 0.0886. The van der Waals surface area contributed by atoms with E-state index in [0.29, 0.717) is 30.5 Å². The van der Waals surface area contributed by atoms with Gasteiger partial charge in [-0.25, -0.2) is 9.59 Å². The van der Waals surface area contributed by atoms with Crippen molar-refractivity contribution in [1.29, 1.82) is 5.26 Å². The molecular weight excluding hydrogens is 308 g/mol. The minimum Gasteiger partial charge on any atom is -0.479 e. The number of ether oxygens (including phenoxy) is 1. The summed E-state index contributed by atoms with van der Waals surface area (Å²) in [5.41, 5.74) is -1.03. The quantitative estimate of drug-likeness (QED) is 0.920. The average molecular weight is 330 g/mol. The SMILES string of the molecule is CC(C)(C)OC(=O)N1CCC[C@]1(Cc1ccccc1C#N)C(=O)O. The number of carboxylic acid groups (broad SMARTS) is 1. The summed E-state index contributed by atoms with van der Waals surface area (Å²) in [6, 6.07) is 8.96. The van der Waals surface area contributed by atoms with E-state index in [1.807, 2.05) is 0 Å². The maximum atomic E-state index is 12.5. The molecule has 0 bridgehead atoms. The van der Waals surface area contributed by atoms with Gasteiger partial charge >= 0.3 is 12.1 Å². The summed E-state index contributed by atoms with van der Waals surface area (Å²) in [4.78, 5) is 25.9. The van der Waals surface area contributed by atoms with Crippen LogP contribution in [0.1, 0.15) is 44.7 Å². The highest BCUT2D eigenvalue weighted by Crippen LogP contribution is 2.35. The third-order valence-corrected chi connectivity index (χ3v) is 4.12. The highest BCUT2D eigenvalue weighted by atomic mass is 16.6. The van der Waals surface area contributed by atoms with Crippen molar-refractivity contribution in [2.75, 3.05) is 6.54 Å². The number of benzene rings is 1. The van der Waals surface area contributed by atoms with Crippen LogP contribution in [0.2, 0.25) is 0 Å². The van der Waals surface area contributed by atoms with Crippen LogP contribution in [0.3, 0.4) is 0 Å². The Morgan fingerprint density at radius 1 is 1.38 bits per heavy atom. The molecule has 0 unspecified atom stereocenters. The lowest BCUT2D eigenvalue weighted by Crippen LogP contribution is -2.55. The molecule has 1 aromatic carbocycles. The van der Waals surface area contributed by atoms with Gasteiger partial charge in [-0.05, 0) is 45.2 Å². The summed E-state index contributed by atoms with van der Waals surface area (Å²) < 4.78 is 5.38. The van der Waals surface area contributed by atoms with Gasteiger partial charge in [0.15, 0.2) is 0 Å². The number of likely N-dealkylation sites (tertiary alicyclic amines) is 1. The Balaban J connectivity index is 2.38. The number of amides is 1. The molecule has 1 fully saturated rings. The van der Waals surface area contributed by atoms with E-state index in [1.54, 1.807) is 45.0 Å². The van der Waals surface area contributed by atoms with Crippen LogP contribution in [0.15, 0.2) is 24.3 Å². The van der Waals surface area contributed by atoms with Crippen LogP contribution in [-0.2, 0) is 16.0 Å². The Morgan fingerprint density at radius 2 is 2.04 bits per heavy atom. The molecule has 0 spiro atoms. The van der Waals surface area contributed by atoms with Crippen molar-refractivity contribution in [2.45, 2.75) is 51.2 Å². The van der Waals surface area contributed by atoms with Crippen LogP contribution < -0.4 is 0 Å². The van der Waals surface area contributed by atoms with Gasteiger partial charge in [0.2, 0.25) is 0 Å². The van der Waals surface area contributed by atoms with E-state index in [0.717, 1.165) is 0 Å². The number of hydrogen-bond acceptors (Lipinski definition) is 4. The molecule has 6 nitrogen and oxygen atoms in total. The van der Waals surface area contributed by atoms with Crippen molar-refractivity contribution < 1.29 is 19.4 Å². The first kappa shape index (κ1) is 17.8. The van der Waals surface area contributed by atoms with E-state index in [-0.39, 0.29) is 6.42 Å². The maximum absolute atomic E-state index is 12.5. The van der Waals surface area contributed by atoms with E-state index in [9.17, 15) is 20.0 Å². The lowest BCUT2D eigenvalue weighted by molar-refractivity contribution is -0.149. The number of hydrogen-bond donors (Lipinski definition) is 1. The van der Waals surface area contributed by atoms with E-state index in [4.69, 9.17) is 4.74 Å². The molecular formula is C18H22N2O4. The zero-order chi connectivity index (χ0) is 18.0. The Morgan fingerprint density at radius 3 is 2.62 bits per heavy atom. The number of nitrogens with zero attached hydrogens (tertiary/aromatic N) is 2. The van der Waals surface area contributed by atoms with Crippen LogP contribution in [0.25, 0.3) is 0 Å². The van der Waals surface area contributed by atoms with Crippen LogP contribution in [0, 0.1) is 11.3 Å². The van der Waals surface area contributed by atoms with Gasteiger partial charge in [0.05, 0.1) is 11.6 Å². The number of aliphatic carboxylic acids is 1. The summed E-state index contributed by atoms with van der Waals surface area (Å²) in [6.07, 6.45) is 0.379. The van der Waals surface area contributed by atoms with Crippen molar-refractivity contribution in [3.63, 3.8) is 0 Å². The highest BCUT2D eigenvalue weighted by Gasteiger charge is 2.51. The summed E-state index contributed by atoms with van der Waals surface area (Å²) in [7, 11) is 0. The van der Waals surface area contributed by atoms with Crippen LogP contribution in [0.4, 0.5) is 4.79 Å².